The van der Waals surface area contributed by atoms with Gasteiger partial charge in [0.1, 0.15) is 12.0 Å². The summed E-state index contributed by atoms with van der Waals surface area (Å²) in [5.41, 5.74) is 2.70. The molecule has 9 nitrogen and oxygen atoms in total. The number of Topliss-reactive ketones (excluding diaryl/α,β-unsaturated/α-hetero) is 1. The highest BCUT2D eigenvalue weighted by atomic mass is 35.5. The zero-order chi connectivity index (χ0) is 21.1. The van der Waals surface area contributed by atoms with Gasteiger partial charge in [0.2, 0.25) is 0 Å². The van der Waals surface area contributed by atoms with Gasteiger partial charge in [0, 0.05) is 28.9 Å². The molecule has 2 aromatic rings. The molecule has 1 aliphatic heterocycles. The first kappa shape index (κ1) is 21.9. The van der Waals surface area contributed by atoms with E-state index in [9.17, 15) is 18.0 Å². The normalized spacial score (nSPS) is 14.4. The molecule has 0 spiro atoms. The number of ketones is 1. The molecule has 1 aromatic carbocycles. The van der Waals surface area contributed by atoms with Crippen LogP contribution in [0, 0.1) is 6.92 Å². The number of aryl methyl sites for hydroxylation is 2. The van der Waals surface area contributed by atoms with E-state index in [0.717, 1.165) is 35.6 Å². The Morgan fingerprint density at radius 1 is 1.39 bits per heavy atom. The number of hydrazone groups is 1. The van der Waals surface area contributed by atoms with E-state index in [1.807, 2.05) is 11.5 Å². The van der Waals surface area contributed by atoms with Crippen LogP contribution >= 0.6 is 11.6 Å². The van der Waals surface area contributed by atoms with Crippen molar-refractivity contribution >= 4 is 50.7 Å². The minimum atomic E-state index is -3.67. The molecule has 0 unspecified atom stereocenters. The molecule has 11 heteroatoms. The first-order valence-corrected chi connectivity index (χ1v) is 10.6. The minimum Gasteiger partial charge on any atom is -0.336 e. The number of carbonyl (C=O) groups is 2. The predicted molar refractivity (Wildman–Crippen MR) is 107 cm³/mol. The zero-order valence-corrected chi connectivity index (χ0v) is 17.0. The Hall–Kier alpha value is -2.43. The van der Waals surface area contributed by atoms with Crippen molar-refractivity contribution in [3.8, 4) is 0 Å². The van der Waals surface area contributed by atoms with Gasteiger partial charge < -0.3 is 15.7 Å². The third-order valence-corrected chi connectivity index (χ3v) is 4.62. The SMILES string of the molecule is CS(=O)(=O)O.Cc1c(Cl)cc2c3c1cc(C(=O)NC=NN)n3CCCCC2=O. The maximum atomic E-state index is 12.4. The van der Waals surface area contributed by atoms with E-state index >= 15 is 0 Å². The smallest absolute Gasteiger partial charge is 0.273 e. The highest BCUT2D eigenvalue weighted by Gasteiger charge is 2.24. The van der Waals surface area contributed by atoms with Crippen LogP contribution in [-0.4, -0.2) is 41.8 Å². The number of rotatable bonds is 2. The lowest BCUT2D eigenvalue weighted by Gasteiger charge is -2.16. The fraction of sp³-hybridized carbons (Fsp3) is 0.353. The summed E-state index contributed by atoms with van der Waals surface area (Å²) in [6, 6.07) is 3.49. The molecule has 4 N–H and O–H groups in total. The van der Waals surface area contributed by atoms with Gasteiger partial charge in [-0.15, -0.1) is 0 Å². The molecule has 0 aliphatic carbocycles. The van der Waals surface area contributed by atoms with Gasteiger partial charge in [-0.05, 0) is 37.5 Å². The Kier molecular flexibility index (Phi) is 6.81. The number of amides is 1. The molecule has 0 radical (unpaired) electrons. The molecule has 1 aliphatic rings. The molecule has 0 bridgehead atoms. The summed E-state index contributed by atoms with van der Waals surface area (Å²) in [6.45, 7) is 2.56. The topological polar surface area (TPSA) is 144 Å². The fourth-order valence-electron chi connectivity index (χ4n) is 3.05. The number of aromatic nitrogens is 1. The van der Waals surface area contributed by atoms with E-state index in [0.29, 0.717) is 35.5 Å². The van der Waals surface area contributed by atoms with Crippen LogP contribution in [0.5, 0.6) is 0 Å². The maximum absolute atomic E-state index is 12.4. The minimum absolute atomic E-state index is 0.0615. The van der Waals surface area contributed by atoms with E-state index in [4.69, 9.17) is 22.0 Å². The quantitative estimate of drug-likeness (QED) is 0.219. The van der Waals surface area contributed by atoms with E-state index in [1.54, 1.807) is 12.1 Å². The van der Waals surface area contributed by atoms with Gasteiger partial charge in [-0.3, -0.25) is 14.1 Å². The maximum Gasteiger partial charge on any atom is 0.273 e. The Morgan fingerprint density at radius 3 is 2.64 bits per heavy atom. The van der Waals surface area contributed by atoms with Crippen molar-refractivity contribution < 1.29 is 22.6 Å². The molecular weight excluding hydrogens is 408 g/mol. The lowest BCUT2D eigenvalue weighted by atomic mass is 9.99. The molecule has 0 saturated carbocycles. The number of nitrogens with one attached hydrogen (secondary N) is 1. The largest absolute Gasteiger partial charge is 0.336 e. The van der Waals surface area contributed by atoms with Crippen LogP contribution in [0.25, 0.3) is 10.9 Å². The van der Waals surface area contributed by atoms with Crippen LogP contribution in [0.15, 0.2) is 17.2 Å². The van der Waals surface area contributed by atoms with Crippen LogP contribution in [-0.2, 0) is 16.7 Å². The standard InChI is InChI=1S/C16H17ClN4O2.CH4O3S/c1-9-10-7-13(16(23)19-8-20-18)21-5-3-2-4-14(22)11(15(10)21)6-12(9)17;1-5(2,3)4/h6-8H,2-5,18H2,1H3,(H,19,20,23);1H3,(H,2,3,4). The highest BCUT2D eigenvalue weighted by molar-refractivity contribution is 7.85. The summed E-state index contributed by atoms with van der Waals surface area (Å²) >= 11 is 6.28. The lowest BCUT2D eigenvalue weighted by molar-refractivity contribution is 0.0958. The first-order valence-electron chi connectivity index (χ1n) is 8.35. The van der Waals surface area contributed by atoms with Crippen molar-refractivity contribution in [2.75, 3.05) is 6.26 Å². The molecule has 2 heterocycles. The van der Waals surface area contributed by atoms with Gasteiger partial charge >= 0.3 is 0 Å². The van der Waals surface area contributed by atoms with Gasteiger partial charge in [-0.25, -0.2) is 0 Å². The zero-order valence-electron chi connectivity index (χ0n) is 15.4. The Bertz CT molecular complexity index is 1050. The van der Waals surface area contributed by atoms with Gasteiger partial charge in [0.25, 0.3) is 16.0 Å². The molecular formula is C17H21ClN4O5S. The molecule has 0 atom stereocenters. The van der Waals surface area contributed by atoms with E-state index < -0.39 is 10.1 Å². The number of nitrogens with two attached hydrogens (primary N) is 1. The summed E-state index contributed by atoms with van der Waals surface area (Å²) in [6.07, 6.45) is 3.98. The van der Waals surface area contributed by atoms with Gasteiger partial charge in [0.15, 0.2) is 5.78 Å². The summed E-state index contributed by atoms with van der Waals surface area (Å²) in [7, 11) is -3.67. The van der Waals surface area contributed by atoms with Crippen molar-refractivity contribution in [1.82, 2.24) is 9.88 Å². The van der Waals surface area contributed by atoms with Gasteiger partial charge in [-0.2, -0.15) is 13.5 Å². The van der Waals surface area contributed by atoms with Crippen LogP contribution in [0.3, 0.4) is 0 Å². The average molecular weight is 429 g/mol. The Morgan fingerprint density at radius 2 is 2.04 bits per heavy atom. The van der Waals surface area contributed by atoms with Crippen LogP contribution < -0.4 is 11.2 Å². The van der Waals surface area contributed by atoms with E-state index in [-0.39, 0.29) is 11.7 Å². The fourth-order valence-corrected chi connectivity index (χ4v) is 3.26. The van der Waals surface area contributed by atoms with Gasteiger partial charge in [0.05, 0.1) is 11.8 Å². The van der Waals surface area contributed by atoms with Crippen LogP contribution in [0.1, 0.15) is 45.7 Å². The Labute approximate surface area is 167 Å². The van der Waals surface area contributed by atoms with Gasteiger partial charge in [-0.1, -0.05) is 11.6 Å². The highest BCUT2D eigenvalue weighted by Crippen LogP contribution is 2.34. The monoisotopic (exact) mass is 428 g/mol. The number of halogens is 1. The predicted octanol–water partition coefficient (Wildman–Crippen LogP) is 2.11. The molecule has 0 saturated heterocycles. The van der Waals surface area contributed by atoms with Crippen LogP contribution in [0.2, 0.25) is 5.02 Å². The number of hydrogen-bond donors (Lipinski definition) is 3. The van der Waals surface area contributed by atoms with Crippen molar-refractivity contribution in [3.05, 3.63) is 34.0 Å². The number of benzene rings is 1. The second kappa shape index (κ2) is 8.72. The number of hydrogen-bond acceptors (Lipinski definition) is 6. The number of carbonyl (C=O) groups excluding carboxylic acids is 2. The molecule has 0 fully saturated rings. The van der Waals surface area contributed by atoms with Crippen LogP contribution in [0.4, 0.5) is 0 Å². The molecule has 1 aromatic heterocycles. The summed E-state index contributed by atoms with van der Waals surface area (Å²) < 4.78 is 27.8. The summed E-state index contributed by atoms with van der Waals surface area (Å²) in [4.78, 5) is 24.8. The van der Waals surface area contributed by atoms with Crippen molar-refractivity contribution in [1.29, 1.82) is 0 Å². The second-order valence-electron chi connectivity index (χ2n) is 6.34. The van der Waals surface area contributed by atoms with E-state index in [1.165, 1.54) is 0 Å². The average Bonchev–Trinajstić information content (AvgIpc) is 2.96. The first-order chi connectivity index (χ1) is 13.0. The van der Waals surface area contributed by atoms with Crippen molar-refractivity contribution in [2.24, 2.45) is 10.9 Å². The Balaban J connectivity index is 0.000000500. The molecule has 3 rings (SSSR count). The lowest BCUT2D eigenvalue weighted by Crippen LogP contribution is -2.25. The molecule has 1 amide bonds. The van der Waals surface area contributed by atoms with Crippen molar-refractivity contribution in [3.63, 3.8) is 0 Å². The summed E-state index contributed by atoms with van der Waals surface area (Å²) in [5.74, 6) is 4.78. The number of nitrogens with zero attached hydrogens (tertiary/aromatic N) is 2. The third kappa shape index (κ3) is 5.09. The van der Waals surface area contributed by atoms with E-state index in [2.05, 4.69) is 10.4 Å². The summed E-state index contributed by atoms with van der Waals surface area (Å²) in [5, 5.41) is 7.16. The van der Waals surface area contributed by atoms with Crippen molar-refractivity contribution in [2.45, 2.75) is 32.7 Å². The molecule has 152 valence electrons. The molecule has 28 heavy (non-hydrogen) atoms. The second-order valence-corrected chi connectivity index (χ2v) is 8.21. The third-order valence-electron chi connectivity index (χ3n) is 4.22.